The molecular formula is C14H30N2O. The normalized spacial score (nSPS) is 28.6. The lowest BCUT2D eigenvalue weighted by molar-refractivity contribution is 0.00546. The van der Waals surface area contributed by atoms with Crippen LogP contribution in [0.4, 0.5) is 0 Å². The molecular weight excluding hydrogens is 212 g/mol. The zero-order valence-electron chi connectivity index (χ0n) is 12.2. The molecule has 102 valence electrons. The average Bonchev–Trinajstić information content (AvgIpc) is 2.31. The lowest BCUT2D eigenvalue weighted by Gasteiger charge is -2.44. The summed E-state index contributed by atoms with van der Waals surface area (Å²) < 4.78 is 5.67. The maximum Gasteiger partial charge on any atom is 0.0624 e. The molecule has 0 aliphatic carbocycles. The molecule has 1 rings (SSSR count). The summed E-state index contributed by atoms with van der Waals surface area (Å²) in [5.41, 5.74) is 0. The summed E-state index contributed by atoms with van der Waals surface area (Å²) in [7, 11) is 0. The molecule has 3 atom stereocenters. The summed E-state index contributed by atoms with van der Waals surface area (Å²) in [6.45, 7) is 15.2. The molecule has 0 spiro atoms. The van der Waals surface area contributed by atoms with Gasteiger partial charge in [-0.25, -0.2) is 0 Å². The lowest BCUT2D eigenvalue weighted by Crippen LogP contribution is -2.60. The largest absolute Gasteiger partial charge is 0.380 e. The number of nitrogens with zero attached hydrogens (tertiary/aromatic N) is 1. The Hall–Kier alpha value is -0.120. The molecule has 1 heterocycles. The van der Waals surface area contributed by atoms with Crippen molar-refractivity contribution in [1.82, 2.24) is 10.2 Å². The van der Waals surface area contributed by atoms with Crippen molar-refractivity contribution in [1.29, 1.82) is 0 Å². The molecule has 0 aromatic heterocycles. The number of hydrogen-bond acceptors (Lipinski definition) is 3. The first-order chi connectivity index (χ1) is 8.10. The maximum absolute atomic E-state index is 5.67. The highest BCUT2D eigenvalue weighted by Crippen LogP contribution is 2.18. The molecule has 1 fully saturated rings. The van der Waals surface area contributed by atoms with Gasteiger partial charge in [-0.15, -0.1) is 0 Å². The Labute approximate surface area is 107 Å². The third-order valence-electron chi connectivity index (χ3n) is 3.88. The average molecular weight is 242 g/mol. The summed E-state index contributed by atoms with van der Waals surface area (Å²) in [6, 6.07) is 1.82. The van der Waals surface area contributed by atoms with Gasteiger partial charge in [0.15, 0.2) is 0 Å². The predicted molar refractivity (Wildman–Crippen MR) is 73.4 cm³/mol. The van der Waals surface area contributed by atoms with Gasteiger partial charge in [-0.05, 0) is 26.2 Å². The van der Waals surface area contributed by atoms with Gasteiger partial charge in [0, 0.05) is 37.8 Å². The van der Waals surface area contributed by atoms with E-state index in [-0.39, 0.29) is 0 Å². The summed E-state index contributed by atoms with van der Waals surface area (Å²) in [4.78, 5) is 2.64. The van der Waals surface area contributed by atoms with Crippen molar-refractivity contribution in [3.63, 3.8) is 0 Å². The van der Waals surface area contributed by atoms with Crippen LogP contribution in [0.3, 0.4) is 0 Å². The van der Waals surface area contributed by atoms with E-state index in [0.717, 1.165) is 26.3 Å². The van der Waals surface area contributed by atoms with Crippen LogP contribution in [0.25, 0.3) is 0 Å². The highest BCUT2D eigenvalue weighted by atomic mass is 16.5. The van der Waals surface area contributed by atoms with Gasteiger partial charge in [0.05, 0.1) is 6.61 Å². The highest BCUT2D eigenvalue weighted by molar-refractivity contribution is 4.88. The predicted octanol–water partition coefficient (Wildman–Crippen LogP) is 2.12. The second-order valence-corrected chi connectivity index (χ2v) is 5.53. The van der Waals surface area contributed by atoms with Crippen molar-refractivity contribution < 1.29 is 4.74 Å². The first-order valence-electron chi connectivity index (χ1n) is 7.16. The fourth-order valence-corrected chi connectivity index (χ4v) is 2.60. The molecule has 17 heavy (non-hydrogen) atoms. The fourth-order valence-electron chi connectivity index (χ4n) is 2.60. The molecule has 0 amide bonds. The molecule has 0 bridgehead atoms. The molecule has 3 nitrogen and oxygen atoms in total. The van der Waals surface area contributed by atoms with E-state index in [1.165, 1.54) is 6.42 Å². The van der Waals surface area contributed by atoms with Gasteiger partial charge in [0.25, 0.3) is 0 Å². The molecule has 1 N–H and O–H groups in total. The number of nitrogens with one attached hydrogen (secondary N) is 1. The number of rotatable bonds is 6. The number of ether oxygens (including phenoxy) is 1. The Balaban J connectivity index is 2.62. The molecule has 3 unspecified atom stereocenters. The first kappa shape index (κ1) is 14.9. The third kappa shape index (κ3) is 4.23. The zero-order chi connectivity index (χ0) is 12.8. The monoisotopic (exact) mass is 242 g/mol. The Kier molecular flexibility index (Phi) is 6.45. The molecule has 0 aromatic rings. The van der Waals surface area contributed by atoms with Gasteiger partial charge in [-0.3, -0.25) is 4.90 Å². The number of piperazine rings is 1. The van der Waals surface area contributed by atoms with Gasteiger partial charge in [0.2, 0.25) is 0 Å². The van der Waals surface area contributed by atoms with Gasteiger partial charge in [0.1, 0.15) is 0 Å². The quantitative estimate of drug-likeness (QED) is 0.772. The smallest absolute Gasteiger partial charge is 0.0624 e. The molecule has 1 aliphatic rings. The van der Waals surface area contributed by atoms with Crippen LogP contribution in [0.5, 0.6) is 0 Å². The molecule has 0 saturated carbocycles. The van der Waals surface area contributed by atoms with Crippen LogP contribution >= 0.6 is 0 Å². The van der Waals surface area contributed by atoms with Crippen LogP contribution in [0, 0.1) is 5.92 Å². The van der Waals surface area contributed by atoms with Crippen LogP contribution in [0.1, 0.15) is 41.0 Å². The van der Waals surface area contributed by atoms with E-state index in [0.29, 0.717) is 24.0 Å². The lowest BCUT2D eigenvalue weighted by atomic mass is 9.98. The van der Waals surface area contributed by atoms with E-state index < -0.39 is 0 Å². The summed E-state index contributed by atoms with van der Waals surface area (Å²) in [5.74, 6) is 0.652. The van der Waals surface area contributed by atoms with Crippen molar-refractivity contribution in [3.05, 3.63) is 0 Å². The van der Waals surface area contributed by atoms with E-state index in [2.05, 4.69) is 44.8 Å². The van der Waals surface area contributed by atoms with Crippen LogP contribution in [-0.2, 0) is 4.74 Å². The molecule has 1 aliphatic heterocycles. The minimum absolute atomic E-state index is 0.557. The van der Waals surface area contributed by atoms with E-state index in [1.807, 2.05) is 0 Å². The standard InChI is InChI=1S/C14H30N2O/c1-6-13-9-16(12(5)8-15-13)14(11(3)4)10-17-7-2/h11-15H,6-10H2,1-5H3. The van der Waals surface area contributed by atoms with Crippen molar-refractivity contribution in [2.45, 2.75) is 59.2 Å². The highest BCUT2D eigenvalue weighted by Gasteiger charge is 2.31. The molecule has 0 aromatic carbocycles. The third-order valence-corrected chi connectivity index (χ3v) is 3.88. The SMILES string of the molecule is CCOCC(C(C)C)N1CC(CC)NCC1C. The minimum Gasteiger partial charge on any atom is -0.380 e. The zero-order valence-corrected chi connectivity index (χ0v) is 12.2. The van der Waals surface area contributed by atoms with E-state index in [4.69, 9.17) is 4.74 Å². The van der Waals surface area contributed by atoms with Crippen LogP contribution < -0.4 is 5.32 Å². The van der Waals surface area contributed by atoms with Crippen molar-refractivity contribution in [2.24, 2.45) is 5.92 Å². The van der Waals surface area contributed by atoms with Gasteiger partial charge in [-0.1, -0.05) is 20.8 Å². The second-order valence-electron chi connectivity index (χ2n) is 5.53. The van der Waals surface area contributed by atoms with E-state index in [9.17, 15) is 0 Å². The van der Waals surface area contributed by atoms with Crippen molar-refractivity contribution in [2.75, 3.05) is 26.3 Å². The van der Waals surface area contributed by atoms with Crippen LogP contribution in [-0.4, -0.2) is 49.3 Å². The Bertz CT molecular complexity index is 208. The minimum atomic E-state index is 0.557. The molecule has 1 saturated heterocycles. The maximum atomic E-state index is 5.67. The summed E-state index contributed by atoms with van der Waals surface area (Å²) >= 11 is 0. The Morgan fingerprint density at radius 3 is 2.59 bits per heavy atom. The van der Waals surface area contributed by atoms with E-state index >= 15 is 0 Å². The van der Waals surface area contributed by atoms with Gasteiger partial charge < -0.3 is 10.1 Å². The summed E-state index contributed by atoms with van der Waals surface area (Å²) in [5, 5.41) is 3.62. The molecule has 3 heteroatoms. The number of hydrogen-bond donors (Lipinski definition) is 1. The second kappa shape index (κ2) is 7.34. The Morgan fingerprint density at radius 2 is 2.06 bits per heavy atom. The van der Waals surface area contributed by atoms with Crippen LogP contribution in [0.2, 0.25) is 0 Å². The van der Waals surface area contributed by atoms with Gasteiger partial charge >= 0.3 is 0 Å². The topological polar surface area (TPSA) is 24.5 Å². The summed E-state index contributed by atoms with van der Waals surface area (Å²) in [6.07, 6.45) is 1.21. The van der Waals surface area contributed by atoms with Crippen molar-refractivity contribution in [3.8, 4) is 0 Å². The first-order valence-corrected chi connectivity index (χ1v) is 7.16. The van der Waals surface area contributed by atoms with E-state index in [1.54, 1.807) is 0 Å². The van der Waals surface area contributed by atoms with Crippen LogP contribution in [0.15, 0.2) is 0 Å². The Morgan fingerprint density at radius 1 is 1.35 bits per heavy atom. The van der Waals surface area contributed by atoms with Gasteiger partial charge in [-0.2, -0.15) is 0 Å². The molecule has 0 radical (unpaired) electrons. The fraction of sp³-hybridized carbons (Fsp3) is 1.00. The van der Waals surface area contributed by atoms with Crippen molar-refractivity contribution >= 4 is 0 Å².